The van der Waals surface area contributed by atoms with Gasteiger partial charge in [0.05, 0.1) is 6.04 Å². The van der Waals surface area contributed by atoms with Gasteiger partial charge in [-0.2, -0.15) is 0 Å². The molecule has 0 heterocycles. The first-order chi connectivity index (χ1) is 9.24. The zero-order valence-corrected chi connectivity index (χ0v) is 13.6. The summed E-state index contributed by atoms with van der Waals surface area (Å²) in [7, 11) is 0. The number of benzene rings is 2. The van der Waals surface area contributed by atoms with Crippen LogP contribution < -0.4 is 5.32 Å². The first-order valence-electron chi connectivity index (χ1n) is 6.50. The predicted molar refractivity (Wildman–Crippen MR) is 87.4 cm³/mol. The third kappa shape index (κ3) is 3.21. The zero-order chi connectivity index (χ0) is 13.2. The van der Waals surface area contributed by atoms with Crippen LogP contribution in [0.4, 0.5) is 5.69 Å². The molecule has 0 aromatic heterocycles. The molecule has 1 unspecified atom stereocenters. The van der Waals surface area contributed by atoms with Gasteiger partial charge in [-0.3, -0.25) is 0 Å². The molecule has 19 heavy (non-hydrogen) atoms. The molecule has 1 nitrogen and oxygen atoms in total. The van der Waals surface area contributed by atoms with E-state index in [1.165, 1.54) is 18.4 Å². The van der Waals surface area contributed by atoms with E-state index in [0.717, 1.165) is 20.6 Å². The minimum atomic E-state index is 0.415. The van der Waals surface area contributed by atoms with E-state index in [2.05, 4.69) is 85.7 Å². The fourth-order valence-corrected chi connectivity index (χ4v) is 3.50. The second kappa shape index (κ2) is 5.68. The molecule has 1 N–H and O–H groups in total. The maximum atomic E-state index is 3.69. The Labute approximate surface area is 130 Å². The number of rotatable bonds is 4. The minimum Gasteiger partial charge on any atom is -0.377 e. The molecule has 98 valence electrons. The Balaban J connectivity index is 1.86. The molecule has 1 atom stereocenters. The highest BCUT2D eigenvalue weighted by molar-refractivity contribution is 9.11. The fraction of sp³-hybridized carbons (Fsp3) is 0.250. The van der Waals surface area contributed by atoms with Gasteiger partial charge in [0.2, 0.25) is 0 Å². The Morgan fingerprint density at radius 3 is 2.37 bits per heavy atom. The highest BCUT2D eigenvalue weighted by atomic mass is 79.9. The van der Waals surface area contributed by atoms with E-state index >= 15 is 0 Å². The normalized spacial score (nSPS) is 16.1. The predicted octanol–water partition coefficient (Wildman–Crippen LogP) is 5.77. The monoisotopic (exact) mass is 379 g/mol. The molecule has 2 aromatic carbocycles. The molecule has 1 aliphatic rings. The van der Waals surface area contributed by atoms with Crippen LogP contribution >= 0.6 is 31.9 Å². The summed E-state index contributed by atoms with van der Waals surface area (Å²) >= 11 is 7.12. The van der Waals surface area contributed by atoms with Crippen LogP contribution in [-0.4, -0.2) is 0 Å². The van der Waals surface area contributed by atoms with Crippen LogP contribution in [0.2, 0.25) is 0 Å². The van der Waals surface area contributed by atoms with E-state index in [4.69, 9.17) is 0 Å². The van der Waals surface area contributed by atoms with Crippen molar-refractivity contribution in [3.63, 3.8) is 0 Å². The van der Waals surface area contributed by atoms with Crippen molar-refractivity contribution in [1.82, 2.24) is 0 Å². The lowest BCUT2D eigenvalue weighted by Gasteiger charge is -2.21. The molecular weight excluding hydrogens is 366 g/mol. The smallest absolute Gasteiger partial charge is 0.0542 e. The van der Waals surface area contributed by atoms with E-state index in [1.807, 2.05) is 0 Å². The van der Waals surface area contributed by atoms with E-state index < -0.39 is 0 Å². The summed E-state index contributed by atoms with van der Waals surface area (Å²) in [6.07, 6.45) is 2.64. The summed E-state index contributed by atoms with van der Waals surface area (Å²) in [4.78, 5) is 0. The third-order valence-electron chi connectivity index (χ3n) is 3.49. The van der Waals surface area contributed by atoms with Crippen molar-refractivity contribution in [3.8, 4) is 0 Å². The van der Waals surface area contributed by atoms with Gasteiger partial charge in [0.15, 0.2) is 0 Å². The van der Waals surface area contributed by atoms with Crippen molar-refractivity contribution in [2.24, 2.45) is 5.92 Å². The molecule has 0 amide bonds. The Morgan fingerprint density at radius 1 is 1.00 bits per heavy atom. The van der Waals surface area contributed by atoms with Gasteiger partial charge >= 0.3 is 0 Å². The van der Waals surface area contributed by atoms with Gasteiger partial charge in [-0.15, -0.1) is 0 Å². The van der Waals surface area contributed by atoms with Crippen molar-refractivity contribution < 1.29 is 0 Å². The molecular formula is C16H15Br2N. The highest BCUT2D eigenvalue weighted by Crippen LogP contribution is 2.43. The number of anilines is 1. The van der Waals surface area contributed by atoms with E-state index in [-0.39, 0.29) is 0 Å². The lowest BCUT2D eigenvalue weighted by molar-refractivity contribution is 0.678. The largest absolute Gasteiger partial charge is 0.377 e. The standard InChI is InChI=1S/C16H15Br2N/c17-13-8-9-15(14(18)10-13)19-16(12-6-7-12)11-4-2-1-3-5-11/h1-5,8-10,12,16,19H,6-7H2. The first kappa shape index (κ1) is 13.2. The van der Waals surface area contributed by atoms with Gasteiger partial charge in [-0.25, -0.2) is 0 Å². The molecule has 3 heteroatoms. The van der Waals surface area contributed by atoms with Crippen molar-refractivity contribution >= 4 is 37.5 Å². The Bertz CT molecular complexity index is 564. The molecule has 1 saturated carbocycles. The molecule has 0 bridgehead atoms. The average molecular weight is 381 g/mol. The zero-order valence-electron chi connectivity index (χ0n) is 10.4. The Hall–Kier alpha value is -0.800. The molecule has 1 aliphatic carbocycles. The van der Waals surface area contributed by atoms with Gasteiger partial charge in [-0.1, -0.05) is 46.3 Å². The van der Waals surface area contributed by atoms with E-state index in [1.54, 1.807) is 0 Å². The lowest BCUT2D eigenvalue weighted by Crippen LogP contribution is -2.13. The van der Waals surface area contributed by atoms with E-state index in [0.29, 0.717) is 6.04 Å². The fourth-order valence-electron chi connectivity index (χ4n) is 2.34. The van der Waals surface area contributed by atoms with Crippen LogP contribution in [0.25, 0.3) is 0 Å². The van der Waals surface area contributed by atoms with Crippen LogP contribution in [0.1, 0.15) is 24.4 Å². The molecule has 2 aromatic rings. The van der Waals surface area contributed by atoms with Gasteiger partial charge < -0.3 is 5.32 Å². The Morgan fingerprint density at radius 2 is 1.74 bits per heavy atom. The van der Waals surface area contributed by atoms with Crippen molar-refractivity contribution in [1.29, 1.82) is 0 Å². The summed E-state index contributed by atoms with van der Waals surface area (Å²) in [5, 5.41) is 3.69. The number of hydrogen-bond acceptors (Lipinski definition) is 1. The molecule has 1 fully saturated rings. The maximum absolute atomic E-state index is 3.69. The van der Waals surface area contributed by atoms with Crippen LogP contribution in [0.15, 0.2) is 57.5 Å². The van der Waals surface area contributed by atoms with Crippen LogP contribution in [0.3, 0.4) is 0 Å². The van der Waals surface area contributed by atoms with Gasteiger partial charge in [0, 0.05) is 14.6 Å². The van der Waals surface area contributed by atoms with Gasteiger partial charge in [0.25, 0.3) is 0 Å². The molecule has 3 rings (SSSR count). The molecule has 0 radical (unpaired) electrons. The molecule has 0 aliphatic heterocycles. The van der Waals surface area contributed by atoms with Crippen LogP contribution in [0.5, 0.6) is 0 Å². The summed E-state index contributed by atoms with van der Waals surface area (Å²) in [6.45, 7) is 0. The second-order valence-electron chi connectivity index (χ2n) is 4.99. The topological polar surface area (TPSA) is 12.0 Å². The highest BCUT2D eigenvalue weighted by Gasteiger charge is 2.32. The Kier molecular flexibility index (Phi) is 3.94. The summed E-state index contributed by atoms with van der Waals surface area (Å²) < 4.78 is 2.19. The average Bonchev–Trinajstić information content (AvgIpc) is 3.23. The quantitative estimate of drug-likeness (QED) is 0.709. The molecule has 0 spiro atoms. The van der Waals surface area contributed by atoms with E-state index in [9.17, 15) is 0 Å². The number of nitrogens with one attached hydrogen (secondary N) is 1. The van der Waals surface area contributed by atoms with Gasteiger partial charge in [0.1, 0.15) is 0 Å². The second-order valence-corrected chi connectivity index (χ2v) is 6.76. The third-order valence-corrected chi connectivity index (χ3v) is 4.64. The van der Waals surface area contributed by atoms with Crippen molar-refractivity contribution in [3.05, 3.63) is 63.0 Å². The summed E-state index contributed by atoms with van der Waals surface area (Å²) in [5.74, 6) is 0.762. The lowest BCUT2D eigenvalue weighted by atomic mass is 10.0. The van der Waals surface area contributed by atoms with Crippen molar-refractivity contribution in [2.45, 2.75) is 18.9 Å². The summed E-state index contributed by atoms with van der Waals surface area (Å²) in [5.41, 5.74) is 2.53. The minimum absolute atomic E-state index is 0.415. The van der Waals surface area contributed by atoms with Gasteiger partial charge in [-0.05, 0) is 58.5 Å². The number of halogens is 2. The molecule has 0 saturated heterocycles. The number of hydrogen-bond donors (Lipinski definition) is 1. The first-order valence-corrected chi connectivity index (χ1v) is 8.09. The van der Waals surface area contributed by atoms with Crippen LogP contribution in [0, 0.1) is 5.92 Å². The van der Waals surface area contributed by atoms with Crippen LogP contribution in [-0.2, 0) is 0 Å². The SMILES string of the molecule is Brc1ccc(NC(c2ccccc2)C2CC2)c(Br)c1. The maximum Gasteiger partial charge on any atom is 0.0542 e. The summed E-state index contributed by atoms with van der Waals surface area (Å²) in [6, 6.07) is 17.4. The van der Waals surface area contributed by atoms with Crippen molar-refractivity contribution in [2.75, 3.05) is 5.32 Å².